The average molecular weight is 318 g/mol. The largest absolute Gasteiger partial charge is 0.478 e. The van der Waals surface area contributed by atoms with Gasteiger partial charge in [0.1, 0.15) is 0 Å². The lowest BCUT2D eigenvalue weighted by molar-refractivity contribution is -0.132. The molecule has 0 aliphatic carbocycles. The minimum Gasteiger partial charge on any atom is -0.478 e. The topological polar surface area (TPSA) is 50.2 Å². The summed E-state index contributed by atoms with van der Waals surface area (Å²) in [6, 6.07) is 9.74. The van der Waals surface area contributed by atoms with E-state index >= 15 is 0 Å². The van der Waals surface area contributed by atoms with Crippen molar-refractivity contribution in [3.63, 3.8) is 0 Å². The minimum absolute atomic E-state index is 0.284. The Labute approximate surface area is 119 Å². The summed E-state index contributed by atoms with van der Waals surface area (Å²) in [6.45, 7) is 1.57. The number of carboxylic acid groups (broad SMARTS) is 1. The van der Waals surface area contributed by atoms with Gasteiger partial charge in [0.25, 0.3) is 0 Å². The summed E-state index contributed by atoms with van der Waals surface area (Å²) in [4.78, 5) is 15.0. The van der Waals surface area contributed by atoms with Gasteiger partial charge >= 0.3 is 5.97 Å². The number of halogens is 1. The summed E-state index contributed by atoms with van der Waals surface area (Å²) in [7, 11) is 0. The molecule has 0 radical (unpaired) electrons. The molecule has 0 amide bonds. The highest BCUT2D eigenvalue weighted by atomic mass is 79.9. The summed E-state index contributed by atoms with van der Waals surface area (Å²) in [5.41, 5.74) is 3.06. The second-order valence-corrected chi connectivity index (χ2v) is 5.02. The Morgan fingerprint density at radius 2 is 1.95 bits per heavy atom. The number of aliphatic carboxylic acids is 1. The molecular weight excluding hydrogens is 306 g/mol. The molecule has 0 spiro atoms. The Morgan fingerprint density at radius 3 is 2.58 bits per heavy atom. The standard InChI is InChI=1S/C15H12BrNO2/c1-10(15(18)19)8-12-9-17-7-6-14(12)11-2-4-13(16)5-3-11/h2-9H,1H3,(H,18,19)/b10-8+. The van der Waals surface area contributed by atoms with Gasteiger partial charge in [0.05, 0.1) is 0 Å². The number of rotatable bonds is 3. The van der Waals surface area contributed by atoms with Gasteiger partial charge in [-0.05, 0) is 42.3 Å². The quantitative estimate of drug-likeness (QED) is 0.870. The van der Waals surface area contributed by atoms with Crippen LogP contribution in [0.5, 0.6) is 0 Å². The van der Waals surface area contributed by atoms with Gasteiger partial charge in [-0.3, -0.25) is 4.98 Å². The smallest absolute Gasteiger partial charge is 0.331 e. The molecule has 0 aliphatic heterocycles. The first-order valence-corrected chi connectivity index (χ1v) is 6.49. The highest BCUT2D eigenvalue weighted by Gasteiger charge is 2.06. The van der Waals surface area contributed by atoms with Crippen molar-refractivity contribution >= 4 is 28.0 Å². The van der Waals surface area contributed by atoms with E-state index in [0.29, 0.717) is 0 Å². The molecule has 4 heteroatoms. The maximum Gasteiger partial charge on any atom is 0.331 e. The van der Waals surface area contributed by atoms with E-state index < -0.39 is 5.97 Å². The summed E-state index contributed by atoms with van der Waals surface area (Å²) >= 11 is 3.39. The van der Waals surface area contributed by atoms with Gasteiger partial charge in [0.15, 0.2) is 0 Å². The van der Waals surface area contributed by atoms with Crippen LogP contribution in [0.4, 0.5) is 0 Å². The molecule has 3 nitrogen and oxygen atoms in total. The Morgan fingerprint density at radius 1 is 1.26 bits per heavy atom. The molecule has 0 saturated carbocycles. The van der Waals surface area contributed by atoms with E-state index in [1.165, 1.54) is 0 Å². The first-order valence-electron chi connectivity index (χ1n) is 5.69. The fourth-order valence-electron chi connectivity index (χ4n) is 1.71. The number of benzene rings is 1. The van der Waals surface area contributed by atoms with Gasteiger partial charge in [0.2, 0.25) is 0 Å². The second-order valence-electron chi connectivity index (χ2n) is 4.10. The molecule has 1 N–H and O–H groups in total. The number of carboxylic acids is 1. The Hall–Kier alpha value is -1.94. The molecule has 1 aromatic carbocycles. The van der Waals surface area contributed by atoms with Crippen molar-refractivity contribution in [3.8, 4) is 11.1 Å². The second kappa shape index (κ2) is 5.80. The molecule has 0 atom stereocenters. The molecule has 19 heavy (non-hydrogen) atoms. The van der Waals surface area contributed by atoms with Crippen molar-refractivity contribution in [2.24, 2.45) is 0 Å². The normalized spacial score (nSPS) is 11.4. The SMILES string of the molecule is C/C(=C\c1cnccc1-c1ccc(Br)cc1)C(=O)O. The van der Waals surface area contributed by atoms with Crippen LogP contribution in [0.2, 0.25) is 0 Å². The molecule has 0 aliphatic rings. The number of pyridine rings is 1. The van der Waals surface area contributed by atoms with Gasteiger partial charge in [0, 0.05) is 28.0 Å². The van der Waals surface area contributed by atoms with Crippen molar-refractivity contribution in [1.82, 2.24) is 4.98 Å². The predicted molar refractivity (Wildman–Crippen MR) is 78.7 cm³/mol. The van der Waals surface area contributed by atoms with Crippen LogP contribution in [0.15, 0.2) is 52.8 Å². The zero-order valence-corrected chi connectivity index (χ0v) is 11.9. The van der Waals surface area contributed by atoms with Gasteiger partial charge in [-0.25, -0.2) is 4.79 Å². The highest BCUT2D eigenvalue weighted by Crippen LogP contribution is 2.26. The zero-order chi connectivity index (χ0) is 13.8. The van der Waals surface area contributed by atoms with E-state index in [4.69, 9.17) is 5.11 Å². The number of hydrogen-bond acceptors (Lipinski definition) is 2. The number of carbonyl (C=O) groups is 1. The molecule has 1 aromatic heterocycles. The molecule has 2 aromatic rings. The fourth-order valence-corrected chi connectivity index (χ4v) is 1.97. The van der Waals surface area contributed by atoms with Crippen molar-refractivity contribution < 1.29 is 9.90 Å². The first kappa shape index (κ1) is 13.5. The molecule has 0 fully saturated rings. The van der Waals surface area contributed by atoms with Crippen LogP contribution in [0.25, 0.3) is 17.2 Å². The van der Waals surface area contributed by atoms with Crippen LogP contribution in [0, 0.1) is 0 Å². The van der Waals surface area contributed by atoms with Crippen molar-refractivity contribution in [2.75, 3.05) is 0 Å². The molecule has 0 bridgehead atoms. The Bertz CT molecular complexity index is 633. The fraction of sp³-hybridized carbons (Fsp3) is 0.0667. The van der Waals surface area contributed by atoms with E-state index in [-0.39, 0.29) is 5.57 Å². The lowest BCUT2D eigenvalue weighted by Crippen LogP contribution is -1.96. The maximum atomic E-state index is 10.9. The van der Waals surface area contributed by atoms with E-state index in [1.54, 1.807) is 25.4 Å². The lowest BCUT2D eigenvalue weighted by atomic mass is 10.0. The Kier molecular flexibility index (Phi) is 4.12. The van der Waals surface area contributed by atoms with Crippen LogP contribution in [0.3, 0.4) is 0 Å². The van der Waals surface area contributed by atoms with E-state index in [1.807, 2.05) is 30.3 Å². The van der Waals surface area contributed by atoms with Crippen molar-refractivity contribution in [2.45, 2.75) is 6.92 Å². The summed E-state index contributed by atoms with van der Waals surface area (Å²) < 4.78 is 1.00. The molecular formula is C15H12BrNO2. The predicted octanol–water partition coefficient (Wildman–Crippen LogP) is 4.00. The minimum atomic E-state index is -0.925. The van der Waals surface area contributed by atoms with Crippen LogP contribution in [-0.2, 0) is 4.79 Å². The Balaban J connectivity index is 2.50. The molecule has 2 rings (SSSR count). The summed E-state index contributed by atoms with van der Waals surface area (Å²) in [6.07, 6.45) is 5.00. The van der Waals surface area contributed by atoms with Crippen LogP contribution < -0.4 is 0 Å². The third kappa shape index (κ3) is 3.29. The average Bonchev–Trinajstić information content (AvgIpc) is 2.40. The van der Waals surface area contributed by atoms with Crippen molar-refractivity contribution in [1.29, 1.82) is 0 Å². The molecule has 0 unspecified atom stereocenters. The third-order valence-electron chi connectivity index (χ3n) is 2.72. The van der Waals surface area contributed by atoms with Gasteiger partial charge < -0.3 is 5.11 Å². The van der Waals surface area contributed by atoms with E-state index in [9.17, 15) is 4.79 Å². The number of aromatic nitrogens is 1. The number of nitrogens with zero attached hydrogens (tertiary/aromatic N) is 1. The third-order valence-corrected chi connectivity index (χ3v) is 3.25. The van der Waals surface area contributed by atoms with Crippen LogP contribution in [-0.4, -0.2) is 16.1 Å². The highest BCUT2D eigenvalue weighted by molar-refractivity contribution is 9.10. The van der Waals surface area contributed by atoms with Gasteiger partial charge in [-0.2, -0.15) is 0 Å². The first-order chi connectivity index (χ1) is 9.08. The summed E-state index contributed by atoms with van der Waals surface area (Å²) in [5.74, 6) is -0.925. The van der Waals surface area contributed by atoms with E-state index in [2.05, 4.69) is 20.9 Å². The maximum absolute atomic E-state index is 10.9. The van der Waals surface area contributed by atoms with Crippen molar-refractivity contribution in [3.05, 3.63) is 58.3 Å². The monoisotopic (exact) mass is 317 g/mol. The van der Waals surface area contributed by atoms with Crippen LogP contribution >= 0.6 is 15.9 Å². The lowest BCUT2D eigenvalue weighted by Gasteiger charge is -2.06. The summed E-state index contributed by atoms with van der Waals surface area (Å²) in [5, 5.41) is 8.95. The van der Waals surface area contributed by atoms with Gasteiger partial charge in [-0.1, -0.05) is 28.1 Å². The molecule has 0 saturated heterocycles. The van der Waals surface area contributed by atoms with Gasteiger partial charge in [-0.15, -0.1) is 0 Å². The van der Waals surface area contributed by atoms with Crippen LogP contribution in [0.1, 0.15) is 12.5 Å². The van der Waals surface area contributed by atoms with E-state index in [0.717, 1.165) is 21.2 Å². The number of hydrogen-bond donors (Lipinski definition) is 1. The molecule has 96 valence electrons. The zero-order valence-electron chi connectivity index (χ0n) is 10.3. The molecule has 1 heterocycles.